The van der Waals surface area contributed by atoms with E-state index in [-0.39, 0.29) is 6.10 Å². The smallest absolute Gasteiger partial charge is 0.330 e. The zero-order valence-corrected chi connectivity index (χ0v) is 16.4. The Labute approximate surface area is 172 Å². The Morgan fingerprint density at radius 2 is 1.70 bits per heavy atom. The third-order valence-corrected chi connectivity index (χ3v) is 5.59. The van der Waals surface area contributed by atoms with Crippen molar-refractivity contribution in [2.75, 3.05) is 6.61 Å². The minimum Gasteiger partial charge on any atom is -0.376 e. The molecule has 0 saturated carbocycles. The lowest BCUT2D eigenvalue weighted by Crippen LogP contribution is -2.34. The maximum Gasteiger partial charge on any atom is 0.330 e. The van der Waals surface area contributed by atoms with E-state index in [1.807, 2.05) is 48.5 Å². The quantitative estimate of drug-likeness (QED) is 0.569. The number of H-pyrrole nitrogens is 1. The van der Waals surface area contributed by atoms with Crippen LogP contribution in [-0.2, 0) is 11.3 Å². The molecule has 0 aliphatic carbocycles. The molecule has 30 heavy (non-hydrogen) atoms. The Kier molecular flexibility index (Phi) is 4.77. The van der Waals surface area contributed by atoms with Gasteiger partial charge in [-0.2, -0.15) is 0 Å². The molecule has 6 nitrogen and oxygen atoms in total. The average molecular weight is 399 g/mol. The van der Waals surface area contributed by atoms with Crippen molar-refractivity contribution in [3.63, 3.8) is 0 Å². The number of benzene rings is 2. The number of nitrogens with one attached hydrogen (secondary N) is 1. The number of fused-ring (bicyclic) bond motifs is 1. The van der Waals surface area contributed by atoms with Gasteiger partial charge in [0, 0.05) is 12.8 Å². The molecule has 0 amide bonds. The first-order valence-corrected chi connectivity index (χ1v) is 10.1. The van der Waals surface area contributed by atoms with Crippen molar-refractivity contribution < 1.29 is 4.74 Å². The van der Waals surface area contributed by atoms with Gasteiger partial charge in [0.2, 0.25) is 0 Å². The van der Waals surface area contributed by atoms with Crippen molar-refractivity contribution in [1.82, 2.24) is 14.5 Å². The molecule has 0 bridgehead atoms. The molecule has 2 aromatic carbocycles. The molecule has 0 spiro atoms. The molecule has 1 aliphatic rings. The topological polar surface area (TPSA) is 77.0 Å². The van der Waals surface area contributed by atoms with Crippen LogP contribution < -0.4 is 11.2 Å². The lowest BCUT2D eigenvalue weighted by atomic mass is 9.99. The number of hydrogen-bond acceptors (Lipinski definition) is 4. The summed E-state index contributed by atoms with van der Waals surface area (Å²) in [6.07, 6.45) is 3.49. The number of aromatic nitrogens is 3. The molecule has 1 N–H and O–H groups in total. The molecule has 2 aromatic heterocycles. The summed E-state index contributed by atoms with van der Waals surface area (Å²) in [6.45, 7) is 1.09. The Hall–Kier alpha value is -3.51. The van der Waals surface area contributed by atoms with E-state index in [1.165, 1.54) is 4.57 Å². The molecule has 6 heteroatoms. The second-order valence-corrected chi connectivity index (χ2v) is 7.51. The SMILES string of the molecule is O=c1[nH]c(=O)n(CC2CCCO2)c2nccc(-c3ccc(-c4ccccc4)cc3)c12. The Balaban J connectivity index is 1.61. The molecular formula is C24H21N3O3. The lowest BCUT2D eigenvalue weighted by molar-refractivity contribution is 0.0967. The van der Waals surface area contributed by atoms with Gasteiger partial charge in [-0.05, 0) is 41.2 Å². The summed E-state index contributed by atoms with van der Waals surface area (Å²) in [5, 5.41) is 0.419. The summed E-state index contributed by atoms with van der Waals surface area (Å²) < 4.78 is 7.20. The Morgan fingerprint density at radius 1 is 0.967 bits per heavy atom. The number of ether oxygens (including phenoxy) is 1. The molecule has 1 atom stereocenters. The number of rotatable bonds is 4. The summed E-state index contributed by atoms with van der Waals surface area (Å²) in [4.78, 5) is 32.1. The van der Waals surface area contributed by atoms with Crippen LogP contribution >= 0.6 is 0 Å². The Bertz CT molecular complexity index is 1300. The van der Waals surface area contributed by atoms with Crippen molar-refractivity contribution in [3.8, 4) is 22.3 Å². The fourth-order valence-corrected chi connectivity index (χ4v) is 4.08. The van der Waals surface area contributed by atoms with Crippen molar-refractivity contribution in [2.24, 2.45) is 0 Å². The Morgan fingerprint density at radius 3 is 2.43 bits per heavy atom. The fourth-order valence-electron chi connectivity index (χ4n) is 4.08. The summed E-state index contributed by atoms with van der Waals surface area (Å²) in [5.41, 5.74) is 3.40. The molecule has 1 saturated heterocycles. The predicted octanol–water partition coefficient (Wildman–Crippen LogP) is 3.60. The van der Waals surface area contributed by atoms with Gasteiger partial charge in [-0.15, -0.1) is 0 Å². The molecule has 4 aromatic rings. The first kappa shape index (κ1) is 18.5. The van der Waals surface area contributed by atoms with E-state index in [1.54, 1.807) is 6.20 Å². The first-order valence-electron chi connectivity index (χ1n) is 10.1. The maximum atomic E-state index is 12.7. The van der Waals surface area contributed by atoms with Crippen molar-refractivity contribution >= 4 is 11.0 Å². The molecule has 3 heterocycles. The second-order valence-electron chi connectivity index (χ2n) is 7.51. The summed E-state index contributed by atoms with van der Waals surface area (Å²) in [7, 11) is 0. The number of pyridine rings is 1. The van der Waals surface area contributed by atoms with Crippen LogP contribution in [0.3, 0.4) is 0 Å². The van der Waals surface area contributed by atoms with Crippen LogP contribution in [0, 0.1) is 0 Å². The molecule has 1 aliphatic heterocycles. The third-order valence-electron chi connectivity index (χ3n) is 5.59. The molecular weight excluding hydrogens is 378 g/mol. The van der Waals surface area contributed by atoms with Crippen molar-refractivity contribution in [1.29, 1.82) is 0 Å². The highest BCUT2D eigenvalue weighted by atomic mass is 16.5. The number of aromatic amines is 1. The van der Waals surface area contributed by atoms with Gasteiger partial charge in [-0.3, -0.25) is 14.3 Å². The maximum absolute atomic E-state index is 12.7. The molecule has 150 valence electrons. The zero-order valence-electron chi connectivity index (χ0n) is 16.4. The standard InChI is InChI=1S/C24H21N3O3/c28-23-21-20(18-10-8-17(9-11-18)16-5-2-1-3-6-16)12-13-25-22(21)27(24(29)26-23)15-19-7-4-14-30-19/h1-3,5-6,8-13,19H,4,7,14-15H2,(H,26,28,29). The fraction of sp³-hybridized carbons (Fsp3) is 0.208. The molecule has 1 unspecified atom stereocenters. The van der Waals surface area contributed by atoms with E-state index in [2.05, 4.69) is 22.1 Å². The van der Waals surface area contributed by atoms with Gasteiger partial charge >= 0.3 is 5.69 Å². The van der Waals surface area contributed by atoms with Crippen LogP contribution in [0.4, 0.5) is 0 Å². The number of hydrogen-bond donors (Lipinski definition) is 1. The number of nitrogens with zero attached hydrogens (tertiary/aromatic N) is 2. The van der Waals surface area contributed by atoms with Crippen LogP contribution in [-0.4, -0.2) is 27.2 Å². The van der Waals surface area contributed by atoms with Crippen LogP contribution in [0.2, 0.25) is 0 Å². The summed E-state index contributed by atoms with van der Waals surface area (Å²) >= 11 is 0. The van der Waals surface area contributed by atoms with E-state index in [0.717, 1.165) is 35.1 Å². The van der Waals surface area contributed by atoms with Gasteiger partial charge < -0.3 is 4.74 Å². The highest BCUT2D eigenvalue weighted by Gasteiger charge is 2.20. The largest absolute Gasteiger partial charge is 0.376 e. The highest BCUT2D eigenvalue weighted by molar-refractivity contribution is 5.92. The summed E-state index contributed by atoms with van der Waals surface area (Å²) in [5.74, 6) is 0. The van der Waals surface area contributed by atoms with E-state index in [0.29, 0.717) is 24.2 Å². The van der Waals surface area contributed by atoms with Crippen molar-refractivity contribution in [3.05, 3.63) is 87.7 Å². The minimum absolute atomic E-state index is 0.0348. The van der Waals surface area contributed by atoms with E-state index in [4.69, 9.17) is 4.74 Å². The van der Waals surface area contributed by atoms with Gasteiger partial charge in [0.05, 0.1) is 18.0 Å². The predicted molar refractivity (Wildman–Crippen MR) is 116 cm³/mol. The summed E-state index contributed by atoms with van der Waals surface area (Å²) in [6, 6.07) is 20.0. The molecule has 0 radical (unpaired) electrons. The molecule has 1 fully saturated rings. The minimum atomic E-state index is -0.452. The second kappa shape index (κ2) is 7.72. The lowest BCUT2D eigenvalue weighted by Gasteiger charge is -2.14. The zero-order chi connectivity index (χ0) is 20.5. The van der Waals surface area contributed by atoms with E-state index >= 15 is 0 Å². The van der Waals surface area contributed by atoms with Gasteiger partial charge in [0.1, 0.15) is 5.65 Å². The van der Waals surface area contributed by atoms with E-state index < -0.39 is 11.2 Å². The first-order chi connectivity index (χ1) is 14.7. The monoisotopic (exact) mass is 399 g/mol. The third kappa shape index (κ3) is 3.35. The molecule has 5 rings (SSSR count). The van der Waals surface area contributed by atoms with Crippen LogP contribution in [0.5, 0.6) is 0 Å². The average Bonchev–Trinajstić information content (AvgIpc) is 3.30. The van der Waals surface area contributed by atoms with Crippen LogP contribution in [0.25, 0.3) is 33.3 Å². The highest BCUT2D eigenvalue weighted by Crippen LogP contribution is 2.28. The van der Waals surface area contributed by atoms with Crippen molar-refractivity contribution in [2.45, 2.75) is 25.5 Å². The normalized spacial score (nSPS) is 16.2. The van der Waals surface area contributed by atoms with Gasteiger partial charge in [0.15, 0.2) is 0 Å². The van der Waals surface area contributed by atoms with Crippen LogP contribution in [0.15, 0.2) is 76.4 Å². The van der Waals surface area contributed by atoms with Gasteiger partial charge in [-0.25, -0.2) is 9.78 Å². The van der Waals surface area contributed by atoms with Gasteiger partial charge in [-0.1, -0.05) is 54.6 Å². The van der Waals surface area contributed by atoms with Crippen LogP contribution in [0.1, 0.15) is 12.8 Å². The van der Waals surface area contributed by atoms with E-state index in [9.17, 15) is 9.59 Å². The van der Waals surface area contributed by atoms with Gasteiger partial charge in [0.25, 0.3) is 5.56 Å².